The predicted octanol–water partition coefficient (Wildman–Crippen LogP) is 2.71. The highest BCUT2D eigenvalue weighted by Crippen LogP contribution is 2.20. The van der Waals surface area contributed by atoms with Crippen molar-refractivity contribution in [1.29, 1.82) is 0 Å². The van der Waals surface area contributed by atoms with E-state index in [2.05, 4.69) is 0 Å². The van der Waals surface area contributed by atoms with E-state index in [1.165, 1.54) is 6.07 Å². The quantitative estimate of drug-likeness (QED) is 0.863. The molecule has 0 aromatic heterocycles. The number of carbonyl (C=O) groups is 2. The summed E-state index contributed by atoms with van der Waals surface area (Å²) >= 11 is 1.66. The highest BCUT2D eigenvalue weighted by molar-refractivity contribution is 7.99. The number of amides is 1. The van der Waals surface area contributed by atoms with Crippen molar-refractivity contribution in [3.05, 3.63) is 35.4 Å². The molecule has 1 atom stereocenters. The molecule has 1 aromatic carbocycles. The first-order valence-electron chi connectivity index (χ1n) is 7.50. The van der Waals surface area contributed by atoms with E-state index in [1.54, 1.807) is 16.7 Å². The number of hydrogen-bond donors (Lipinski definition) is 1. The molecule has 126 valence electrons. The molecule has 2 rings (SSSR count). The SMILES string of the molecule is O=C(O)CC1CSCCN1C(=O)CCCc1ccc(F)c(F)c1. The van der Waals surface area contributed by atoms with Gasteiger partial charge in [0.25, 0.3) is 0 Å². The Bertz CT molecular complexity index is 582. The van der Waals surface area contributed by atoms with Crippen molar-refractivity contribution in [2.45, 2.75) is 31.7 Å². The maximum Gasteiger partial charge on any atom is 0.305 e. The van der Waals surface area contributed by atoms with Crippen LogP contribution in [-0.4, -0.2) is 46.0 Å². The molecule has 1 heterocycles. The number of halogens is 2. The first-order valence-corrected chi connectivity index (χ1v) is 8.66. The van der Waals surface area contributed by atoms with E-state index in [1.807, 2.05) is 0 Å². The Hall–Kier alpha value is -1.63. The minimum absolute atomic E-state index is 0.0398. The number of hydrogen-bond acceptors (Lipinski definition) is 3. The van der Waals surface area contributed by atoms with Crippen LogP contribution >= 0.6 is 11.8 Å². The molecule has 1 amide bonds. The fraction of sp³-hybridized carbons (Fsp3) is 0.500. The lowest BCUT2D eigenvalue weighted by Crippen LogP contribution is -2.47. The Morgan fingerprint density at radius 1 is 1.30 bits per heavy atom. The summed E-state index contributed by atoms with van der Waals surface area (Å²) < 4.78 is 26.0. The molecule has 4 nitrogen and oxygen atoms in total. The van der Waals surface area contributed by atoms with Gasteiger partial charge in [-0.3, -0.25) is 9.59 Å². The third-order valence-electron chi connectivity index (χ3n) is 3.80. The first-order chi connectivity index (χ1) is 11.0. The van der Waals surface area contributed by atoms with Crippen molar-refractivity contribution in [2.24, 2.45) is 0 Å². The third-order valence-corrected chi connectivity index (χ3v) is 4.89. The van der Waals surface area contributed by atoms with Gasteiger partial charge < -0.3 is 10.0 Å². The summed E-state index contributed by atoms with van der Waals surface area (Å²) in [7, 11) is 0. The Labute approximate surface area is 137 Å². The smallest absolute Gasteiger partial charge is 0.305 e. The molecule has 1 aliphatic rings. The molecule has 0 radical (unpaired) electrons. The fourth-order valence-electron chi connectivity index (χ4n) is 2.64. The fourth-order valence-corrected chi connectivity index (χ4v) is 3.70. The normalized spacial score (nSPS) is 18.0. The average molecular weight is 343 g/mol. The van der Waals surface area contributed by atoms with Gasteiger partial charge in [0.1, 0.15) is 0 Å². The maximum atomic E-state index is 13.1. The first kappa shape index (κ1) is 17.7. The Morgan fingerprint density at radius 2 is 2.09 bits per heavy atom. The molecule has 1 fully saturated rings. The van der Waals surface area contributed by atoms with Gasteiger partial charge in [0.2, 0.25) is 5.91 Å². The molecule has 23 heavy (non-hydrogen) atoms. The van der Waals surface area contributed by atoms with Crippen LogP contribution in [0.4, 0.5) is 8.78 Å². The van der Waals surface area contributed by atoms with Crippen molar-refractivity contribution >= 4 is 23.6 Å². The summed E-state index contributed by atoms with van der Waals surface area (Å²) in [6, 6.07) is 3.47. The summed E-state index contributed by atoms with van der Waals surface area (Å²) in [6.45, 7) is 0.562. The second-order valence-electron chi connectivity index (χ2n) is 5.52. The van der Waals surface area contributed by atoms with Crippen molar-refractivity contribution in [3.8, 4) is 0 Å². The largest absolute Gasteiger partial charge is 0.481 e. The van der Waals surface area contributed by atoms with Crippen LogP contribution in [-0.2, 0) is 16.0 Å². The van der Waals surface area contributed by atoms with Gasteiger partial charge in [-0.05, 0) is 30.5 Å². The number of aryl methyl sites for hydroxylation is 1. The van der Waals surface area contributed by atoms with E-state index in [0.29, 0.717) is 30.7 Å². The number of carbonyl (C=O) groups excluding carboxylic acids is 1. The Morgan fingerprint density at radius 3 is 2.78 bits per heavy atom. The lowest BCUT2D eigenvalue weighted by atomic mass is 10.1. The monoisotopic (exact) mass is 343 g/mol. The molecule has 0 aliphatic carbocycles. The molecule has 0 bridgehead atoms. The number of carboxylic acids is 1. The van der Waals surface area contributed by atoms with E-state index in [0.717, 1.165) is 17.9 Å². The van der Waals surface area contributed by atoms with E-state index in [-0.39, 0.29) is 24.8 Å². The van der Waals surface area contributed by atoms with Crippen LogP contribution in [0.3, 0.4) is 0 Å². The van der Waals surface area contributed by atoms with Crippen LogP contribution in [0.15, 0.2) is 18.2 Å². The molecular formula is C16H19F2NO3S. The van der Waals surface area contributed by atoms with Crippen molar-refractivity contribution in [3.63, 3.8) is 0 Å². The predicted molar refractivity (Wildman–Crippen MR) is 84.4 cm³/mol. The van der Waals surface area contributed by atoms with Gasteiger partial charge >= 0.3 is 5.97 Å². The summed E-state index contributed by atoms with van der Waals surface area (Å²) in [6.07, 6.45) is 1.24. The van der Waals surface area contributed by atoms with Crippen LogP contribution < -0.4 is 0 Å². The molecule has 1 saturated heterocycles. The van der Waals surface area contributed by atoms with Crippen molar-refractivity contribution in [1.82, 2.24) is 4.90 Å². The van der Waals surface area contributed by atoms with E-state index >= 15 is 0 Å². The molecule has 0 spiro atoms. The number of nitrogens with zero attached hydrogens (tertiary/aromatic N) is 1. The van der Waals surface area contributed by atoms with Gasteiger partial charge in [-0.1, -0.05) is 6.07 Å². The molecular weight excluding hydrogens is 324 g/mol. The number of aliphatic carboxylic acids is 1. The van der Waals surface area contributed by atoms with Crippen molar-refractivity contribution in [2.75, 3.05) is 18.1 Å². The molecule has 0 saturated carbocycles. The number of carboxylic acid groups (broad SMARTS) is 1. The summed E-state index contributed by atoms with van der Waals surface area (Å²) in [4.78, 5) is 24.8. The molecule has 1 aliphatic heterocycles. The van der Waals surface area contributed by atoms with Gasteiger partial charge in [-0.15, -0.1) is 0 Å². The molecule has 1 unspecified atom stereocenters. The van der Waals surface area contributed by atoms with Crippen LogP contribution in [0, 0.1) is 11.6 Å². The number of rotatable bonds is 6. The minimum Gasteiger partial charge on any atom is -0.481 e. The lowest BCUT2D eigenvalue weighted by Gasteiger charge is -2.34. The molecule has 1 N–H and O–H groups in total. The highest BCUT2D eigenvalue weighted by atomic mass is 32.2. The number of benzene rings is 1. The van der Waals surface area contributed by atoms with E-state index < -0.39 is 17.6 Å². The summed E-state index contributed by atoms with van der Waals surface area (Å²) in [5.74, 6) is -1.29. The van der Waals surface area contributed by atoms with Gasteiger partial charge in [0.15, 0.2) is 11.6 Å². The second-order valence-corrected chi connectivity index (χ2v) is 6.67. The van der Waals surface area contributed by atoms with Crippen LogP contribution in [0.2, 0.25) is 0 Å². The zero-order valence-electron chi connectivity index (χ0n) is 12.6. The van der Waals surface area contributed by atoms with Crippen LogP contribution in [0.1, 0.15) is 24.8 Å². The number of thioether (sulfide) groups is 1. The highest BCUT2D eigenvalue weighted by Gasteiger charge is 2.28. The third kappa shape index (κ3) is 5.20. The zero-order valence-corrected chi connectivity index (χ0v) is 13.5. The molecule has 1 aromatic rings. The molecule has 7 heteroatoms. The van der Waals surface area contributed by atoms with E-state index in [4.69, 9.17) is 5.11 Å². The standard InChI is InChI=1S/C16H19F2NO3S/c17-13-5-4-11(8-14(13)18)2-1-3-15(20)19-6-7-23-10-12(19)9-16(21)22/h4-5,8,12H,1-3,6-7,9-10H2,(H,21,22). The Balaban J connectivity index is 1.85. The maximum absolute atomic E-state index is 13.1. The zero-order chi connectivity index (χ0) is 16.8. The average Bonchev–Trinajstić information content (AvgIpc) is 2.50. The van der Waals surface area contributed by atoms with Gasteiger partial charge in [-0.2, -0.15) is 11.8 Å². The van der Waals surface area contributed by atoms with Crippen LogP contribution in [0.5, 0.6) is 0 Å². The van der Waals surface area contributed by atoms with Gasteiger partial charge in [0, 0.05) is 24.5 Å². The summed E-state index contributed by atoms with van der Waals surface area (Å²) in [5, 5.41) is 8.93. The minimum atomic E-state index is -0.905. The topological polar surface area (TPSA) is 57.6 Å². The summed E-state index contributed by atoms with van der Waals surface area (Å²) in [5.41, 5.74) is 0.646. The Kier molecular flexibility index (Phi) is 6.38. The second kappa shape index (κ2) is 8.29. The van der Waals surface area contributed by atoms with E-state index in [9.17, 15) is 18.4 Å². The van der Waals surface area contributed by atoms with Gasteiger partial charge in [0.05, 0.1) is 12.5 Å². The van der Waals surface area contributed by atoms with Crippen molar-refractivity contribution < 1.29 is 23.5 Å². The lowest BCUT2D eigenvalue weighted by molar-refractivity contribution is -0.140. The van der Waals surface area contributed by atoms with Gasteiger partial charge in [-0.25, -0.2) is 8.78 Å². The van der Waals surface area contributed by atoms with Crippen LogP contribution in [0.25, 0.3) is 0 Å².